The summed E-state index contributed by atoms with van der Waals surface area (Å²) in [7, 11) is 0. The first kappa shape index (κ1) is 23.7. The van der Waals surface area contributed by atoms with Gasteiger partial charge < -0.3 is 20.3 Å². The average molecular weight is 484 g/mol. The fourth-order valence-corrected chi connectivity index (χ4v) is 4.79. The van der Waals surface area contributed by atoms with Crippen LogP contribution in [0.5, 0.6) is 0 Å². The third kappa shape index (κ3) is 5.30. The molecule has 5 rings (SSSR count). The number of fused-ring (bicyclic) bond motifs is 1. The van der Waals surface area contributed by atoms with E-state index in [1.807, 2.05) is 65.7 Å². The van der Waals surface area contributed by atoms with Crippen LogP contribution >= 0.6 is 0 Å². The molecule has 1 amide bonds. The van der Waals surface area contributed by atoms with Gasteiger partial charge in [0.05, 0.1) is 0 Å². The van der Waals surface area contributed by atoms with E-state index in [0.29, 0.717) is 29.9 Å². The summed E-state index contributed by atoms with van der Waals surface area (Å²) in [6.07, 6.45) is 4.47. The molecule has 1 aliphatic rings. The lowest BCUT2D eigenvalue weighted by atomic mass is 10.0. The Morgan fingerprint density at radius 3 is 2.50 bits per heavy atom. The highest BCUT2D eigenvalue weighted by Crippen LogP contribution is 2.31. The predicted octanol–water partition coefficient (Wildman–Crippen LogP) is 3.80. The molecule has 2 aromatic carbocycles. The molecule has 1 atom stereocenters. The Morgan fingerprint density at radius 1 is 1.00 bits per heavy atom. The highest BCUT2D eigenvalue weighted by atomic mass is 16.4. The van der Waals surface area contributed by atoms with Gasteiger partial charge in [0.1, 0.15) is 6.04 Å². The summed E-state index contributed by atoms with van der Waals surface area (Å²) in [4.78, 5) is 37.0. The van der Waals surface area contributed by atoms with E-state index in [9.17, 15) is 14.7 Å². The van der Waals surface area contributed by atoms with Crippen molar-refractivity contribution in [2.24, 2.45) is 0 Å². The lowest BCUT2D eigenvalue weighted by Gasteiger charge is -2.37. The van der Waals surface area contributed by atoms with Crippen LogP contribution in [0.3, 0.4) is 0 Å². The molecule has 2 aromatic heterocycles. The number of carbonyl (C=O) groups is 2. The van der Waals surface area contributed by atoms with E-state index >= 15 is 0 Å². The number of pyridine rings is 1. The lowest BCUT2D eigenvalue weighted by Crippen LogP contribution is -2.49. The van der Waals surface area contributed by atoms with Gasteiger partial charge in [0.15, 0.2) is 0 Å². The number of carboxylic acids is 1. The molecule has 36 heavy (non-hydrogen) atoms. The van der Waals surface area contributed by atoms with Crippen LogP contribution in [0.1, 0.15) is 27.7 Å². The normalized spacial score (nSPS) is 15.6. The predicted molar refractivity (Wildman–Crippen MR) is 139 cm³/mol. The topological polar surface area (TPSA) is 102 Å². The molecule has 0 saturated carbocycles. The van der Waals surface area contributed by atoms with Gasteiger partial charge in [0.25, 0.3) is 5.91 Å². The summed E-state index contributed by atoms with van der Waals surface area (Å²) in [5, 5.41) is 13.9. The van der Waals surface area contributed by atoms with Crippen molar-refractivity contribution in [3.05, 3.63) is 95.9 Å². The third-order valence-corrected chi connectivity index (χ3v) is 6.72. The lowest BCUT2D eigenvalue weighted by molar-refractivity contribution is -0.144. The Morgan fingerprint density at radius 2 is 1.78 bits per heavy atom. The van der Waals surface area contributed by atoms with Gasteiger partial charge in [-0.2, -0.15) is 0 Å². The Bertz CT molecular complexity index is 1330. The van der Waals surface area contributed by atoms with Gasteiger partial charge in [0, 0.05) is 84.9 Å². The van der Waals surface area contributed by atoms with Crippen LogP contribution in [0.15, 0.2) is 79.1 Å². The summed E-state index contributed by atoms with van der Waals surface area (Å²) < 4.78 is 0. The molecule has 0 bridgehead atoms. The number of H-pyrrole nitrogens is 1. The molecule has 8 heteroatoms. The van der Waals surface area contributed by atoms with E-state index in [0.717, 1.165) is 42.7 Å². The highest BCUT2D eigenvalue weighted by Gasteiger charge is 2.32. The van der Waals surface area contributed by atoms with Gasteiger partial charge in [-0.3, -0.25) is 19.5 Å². The van der Waals surface area contributed by atoms with E-state index in [2.05, 4.69) is 20.2 Å². The van der Waals surface area contributed by atoms with E-state index in [4.69, 9.17) is 0 Å². The van der Waals surface area contributed by atoms with Crippen LogP contribution in [0.4, 0.5) is 5.69 Å². The van der Waals surface area contributed by atoms with E-state index in [1.54, 1.807) is 18.3 Å². The molecule has 1 saturated heterocycles. The molecule has 4 aromatic rings. The number of aromatic nitrogens is 2. The number of amides is 1. The third-order valence-electron chi connectivity index (χ3n) is 6.72. The van der Waals surface area contributed by atoms with Crippen molar-refractivity contribution in [3.63, 3.8) is 0 Å². The minimum absolute atomic E-state index is 0.205. The van der Waals surface area contributed by atoms with Crippen LogP contribution < -0.4 is 5.32 Å². The average Bonchev–Trinajstić information content (AvgIpc) is 3.32. The van der Waals surface area contributed by atoms with Crippen molar-refractivity contribution in [3.8, 4) is 0 Å². The zero-order valence-corrected chi connectivity index (χ0v) is 19.9. The van der Waals surface area contributed by atoms with Crippen molar-refractivity contribution in [1.82, 2.24) is 19.8 Å². The molecule has 184 valence electrons. The molecule has 0 unspecified atom stereocenters. The van der Waals surface area contributed by atoms with Crippen LogP contribution in [0.25, 0.3) is 10.9 Å². The van der Waals surface area contributed by atoms with Gasteiger partial charge in [0.2, 0.25) is 0 Å². The van der Waals surface area contributed by atoms with Crippen molar-refractivity contribution < 1.29 is 14.7 Å². The van der Waals surface area contributed by atoms with Crippen LogP contribution in [0.2, 0.25) is 0 Å². The number of aromatic amines is 1. The number of carboxylic acid groups (broad SMARTS) is 1. The number of nitrogens with one attached hydrogen (secondary N) is 2. The summed E-state index contributed by atoms with van der Waals surface area (Å²) in [6.45, 7) is 3.83. The second kappa shape index (κ2) is 10.7. The molecule has 1 aliphatic heterocycles. The van der Waals surface area contributed by atoms with Crippen molar-refractivity contribution in [2.45, 2.75) is 12.5 Å². The van der Waals surface area contributed by atoms with Crippen molar-refractivity contribution >= 4 is 28.5 Å². The number of rotatable bonds is 8. The molecule has 8 nitrogen and oxygen atoms in total. The maximum absolute atomic E-state index is 12.6. The van der Waals surface area contributed by atoms with Gasteiger partial charge in [-0.05, 0) is 42.5 Å². The van der Waals surface area contributed by atoms with Gasteiger partial charge >= 0.3 is 5.97 Å². The Balaban J connectivity index is 1.29. The first-order valence-electron chi connectivity index (χ1n) is 12.1. The summed E-state index contributed by atoms with van der Waals surface area (Å²) in [6, 6.07) is 19.7. The number of piperazine rings is 1. The van der Waals surface area contributed by atoms with Gasteiger partial charge in [-0.15, -0.1) is 0 Å². The maximum Gasteiger partial charge on any atom is 0.325 e. The first-order chi connectivity index (χ1) is 17.6. The Labute approximate surface area is 209 Å². The maximum atomic E-state index is 12.6. The second-order valence-corrected chi connectivity index (χ2v) is 9.01. The van der Waals surface area contributed by atoms with Crippen LogP contribution in [0, 0.1) is 0 Å². The number of hydrogen-bond donors (Lipinski definition) is 3. The number of aliphatic carboxylic acids is 1. The van der Waals surface area contributed by atoms with Crippen molar-refractivity contribution in [2.75, 3.05) is 38.0 Å². The molecule has 1 fully saturated rings. The summed E-state index contributed by atoms with van der Waals surface area (Å²) >= 11 is 0. The molecule has 0 aliphatic carbocycles. The standard InChI is InChI=1S/C28H29N5O3/c34-27(20-6-2-1-3-7-20)31-22-9-10-25-23(18-22)24(19-30-25)26(28(35)36)33-16-14-32(15-17-33)13-11-21-8-4-5-12-29-21/h1-10,12,18-19,26,30H,11,13-17H2,(H,31,34)(H,35,36)/t26-/m0/s1. The SMILES string of the molecule is O=C(Nc1ccc2[nH]cc([C@@H](C(=O)O)N3CCN(CCc4ccccn4)CC3)c2c1)c1ccccc1. The fourth-order valence-electron chi connectivity index (χ4n) is 4.79. The highest BCUT2D eigenvalue weighted by molar-refractivity contribution is 6.05. The Hall–Kier alpha value is -4.01. The van der Waals surface area contributed by atoms with E-state index in [-0.39, 0.29) is 5.91 Å². The van der Waals surface area contributed by atoms with Gasteiger partial charge in [-0.25, -0.2) is 0 Å². The molecule has 0 radical (unpaired) electrons. The Kier molecular flexibility index (Phi) is 7.06. The minimum atomic E-state index is -0.878. The monoisotopic (exact) mass is 483 g/mol. The number of nitrogens with zero attached hydrogens (tertiary/aromatic N) is 3. The second-order valence-electron chi connectivity index (χ2n) is 9.01. The molecule has 0 spiro atoms. The van der Waals surface area contributed by atoms with Crippen molar-refractivity contribution in [1.29, 1.82) is 0 Å². The largest absolute Gasteiger partial charge is 0.480 e. The first-order valence-corrected chi connectivity index (χ1v) is 12.1. The molecular formula is C28H29N5O3. The quantitative estimate of drug-likeness (QED) is 0.352. The van der Waals surface area contributed by atoms with E-state index < -0.39 is 12.0 Å². The summed E-state index contributed by atoms with van der Waals surface area (Å²) in [5.41, 5.74) is 3.80. The minimum Gasteiger partial charge on any atom is -0.480 e. The van der Waals surface area contributed by atoms with E-state index in [1.165, 1.54) is 0 Å². The zero-order chi connectivity index (χ0) is 24.9. The zero-order valence-electron chi connectivity index (χ0n) is 19.9. The van der Waals surface area contributed by atoms with Crippen LogP contribution in [-0.2, 0) is 11.2 Å². The number of hydrogen-bond acceptors (Lipinski definition) is 5. The fraction of sp³-hybridized carbons (Fsp3) is 0.250. The molecule has 3 heterocycles. The van der Waals surface area contributed by atoms with Gasteiger partial charge in [-0.1, -0.05) is 24.3 Å². The summed E-state index contributed by atoms with van der Waals surface area (Å²) in [5.74, 6) is -1.08. The number of benzene rings is 2. The number of carbonyl (C=O) groups excluding carboxylic acids is 1. The molecule has 3 N–H and O–H groups in total. The van der Waals surface area contributed by atoms with Crippen LogP contribution in [-0.4, -0.2) is 69.5 Å². The molecular weight excluding hydrogens is 454 g/mol. The smallest absolute Gasteiger partial charge is 0.325 e. The number of anilines is 1.